The first kappa shape index (κ1) is 16.8. The fourth-order valence-electron chi connectivity index (χ4n) is 2.06. The van der Waals surface area contributed by atoms with Crippen molar-refractivity contribution in [1.29, 1.82) is 0 Å². The highest BCUT2D eigenvalue weighted by atomic mass is 16.6. The smallest absolute Gasteiger partial charge is 0.410 e. The second kappa shape index (κ2) is 7.50. The van der Waals surface area contributed by atoms with Crippen LogP contribution in [0, 0.1) is 0 Å². The standard InChI is InChI=1S/C15H29N3O2/c1-6-7-8-12(2)17-13-11-18(10-9-16-13)14(19)20-15(3,4)5/h12H,6-11H2,1-5H3,(H,16,17). The minimum absolute atomic E-state index is 0.257. The van der Waals surface area contributed by atoms with Crippen LogP contribution in [-0.2, 0) is 4.74 Å². The Morgan fingerprint density at radius 2 is 2.20 bits per heavy atom. The van der Waals surface area contributed by atoms with E-state index >= 15 is 0 Å². The van der Waals surface area contributed by atoms with Gasteiger partial charge in [0.05, 0.1) is 13.1 Å². The first-order chi connectivity index (χ1) is 9.31. The Morgan fingerprint density at radius 3 is 2.80 bits per heavy atom. The second-order valence-electron chi connectivity index (χ2n) is 6.42. The number of hydrogen-bond donors (Lipinski definition) is 1. The van der Waals surface area contributed by atoms with E-state index < -0.39 is 5.60 Å². The molecule has 0 saturated carbocycles. The summed E-state index contributed by atoms with van der Waals surface area (Å²) in [7, 11) is 0. The normalized spacial score (nSPS) is 17.4. The molecule has 0 radical (unpaired) electrons. The van der Waals surface area contributed by atoms with E-state index in [1.54, 1.807) is 4.90 Å². The molecular weight excluding hydrogens is 254 g/mol. The van der Waals surface area contributed by atoms with E-state index in [1.165, 1.54) is 12.8 Å². The lowest BCUT2D eigenvalue weighted by atomic mass is 10.1. The molecule has 0 bridgehead atoms. The van der Waals surface area contributed by atoms with Crippen molar-refractivity contribution < 1.29 is 9.53 Å². The van der Waals surface area contributed by atoms with Crippen LogP contribution in [0.5, 0.6) is 0 Å². The Bertz CT molecular complexity index is 348. The van der Waals surface area contributed by atoms with E-state index in [9.17, 15) is 4.79 Å². The third-order valence-electron chi connectivity index (χ3n) is 3.07. The maximum Gasteiger partial charge on any atom is 0.410 e. The molecule has 0 fully saturated rings. The zero-order valence-corrected chi connectivity index (χ0v) is 13.5. The zero-order valence-electron chi connectivity index (χ0n) is 13.5. The number of rotatable bonds is 4. The Morgan fingerprint density at radius 1 is 1.50 bits per heavy atom. The summed E-state index contributed by atoms with van der Waals surface area (Å²) in [5, 5.41) is 3.40. The van der Waals surface area contributed by atoms with Crippen molar-refractivity contribution in [2.75, 3.05) is 19.6 Å². The third kappa shape index (κ3) is 6.26. The lowest BCUT2D eigenvalue weighted by Crippen LogP contribution is -2.48. The molecule has 0 aromatic heterocycles. The molecule has 1 atom stereocenters. The van der Waals surface area contributed by atoms with Crippen LogP contribution in [0.15, 0.2) is 4.99 Å². The van der Waals surface area contributed by atoms with E-state index in [0.717, 1.165) is 12.3 Å². The van der Waals surface area contributed by atoms with Gasteiger partial charge in [0.25, 0.3) is 0 Å². The van der Waals surface area contributed by atoms with Crippen molar-refractivity contribution in [1.82, 2.24) is 10.2 Å². The van der Waals surface area contributed by atoms with Crippen LogP contribution in [0.2, 0.25) is 0 Å². The maximum atomic E-state index is 12.0. The van der Waals surface area contributed by atoms with E-state index in [0.29, 0.717) is 25.7 Å². The highest BCUT2D eigenvalue weighted by Gasteiger charge is 2.25. The molecule has 1 N–H and O–H groups in total. The zero-order chi connectivity index (χ0) is 15.2. The summed E-state index contributed by atoms with van der Waals surface area (Å²) in [6, 6.07) is 0.396. The molecule has 5 heteroatoms. The Hall–Kier alpha value is -1.26. The monoisotopic (exact) mass is 283 g/mol. The number of unbranched alkanes of at least 4 members (excludes halogenated alkanes) is 1. The summed E-state index contributed by atoms with van der Waals surface area (Å²) in [5.74, 6) is 0.894. The van der Waals surface area contributed by atoms with Gasteiger partial charge in [-0.2, -0.15) is 0 Å². The van der Waals surface area contributed by atoms with Gasteiger partial charge in [0.2, 0.25) is 0 Å². The van der Waals surface area contributed by atoms with Gasteiger partial charge in [-0.25, -0.2) is 4.79 Å². The second-order valence-corrected chi connectivity index (χ2v) is 6.42. The molecule has 0 spiro atoms. The summed E-state index contributed by atoms with van der Waals surface area (Å²) in [5.41, 5.74) is -0.451. The van der Waals surface area contributed by atoms with Gasteiger partial charge < -0.3 is 10.1 Å². The number of ether oxygens (including phenoxy) is 1. The van der Waals surface area contributed by atoms with Crippen molar-refractivity contribution in [3.8, 4) is 0 Å². The number of carbonyl (C=O) groups is 1. The summed E-state index contributed by atoms with van der Waals surface area (Å²) in [6.07, 6.45) is 3.27. The van der Waals surface area contributed by atoms with Gasteiger partial charge >= 0.3 is 6.09 Å². The van der Waals surface area contributed by atoms with E-state index in [1.807, 2.05) is 20.8 Å². The van der Waals surface area contributed by atoms with E-state index in [4.69, 9.17) is 4.74 Å². The Kier molecular flexibility index (Phi) is 6.30. The largest absolute Gasteiger partial charge is 0.444 e. The molecule has 116 valence electrons. The van der Waals surface area contributed by atoms with Crippen LogP contribution < -0.4 is 5.32 Å². The van der Waals surface area contributed by atoms with Gasteiger partial charge in [-0.15, -0.1) is 0 Å². The Labute approximate surface area is 122 Å². The highest BCUT2D eigenvalue weighted by Crippen LogP contribution is 2.11. The van der Waals surface area contributed by atoms with Crippen molar-refractivity contribution in [3.63, 3.8) is 0 Å². The molecule has 1 heterocycles. The maximum absolute atomic E-state index is 12.0. The van der Waals surface area contributed by atoms with Gasteiger partial charge in [0.15, 0.2) is 0 Å². The van der Waals surface area contributed by atoms with Crippen LogP contribution in [-0.4, -0.2) is 48.1 Å². The molecule has 0 aliphatic carbocycles. The summed E-state index contributed by atoms with van der Waals surface area (Å²) < 4.78 is 5.40. The molecule has 1 aliphatic heterocycles. The number of nitrogens with zero attached hydrogens (tertiary/aromatic N) is 2. The number of amidine groups is 1. The molecule has 1 amide bonds. The highest BCUT2D eigenvalue weighted by molar-refractivity contribution is 5.88. The molecule has 0 saturated heterocycles. The minimum Gasteiger partial charge on any atom is -0.444 e. The van der Waals surface area contributed by atoms with Crippen molar-refractivity contribution >= 4 is 11.9 Å². The molecule has 1 aliphatic rings. The fraction of sp³-hybridized carbons (Fsp3) is 0.867. The van der Waals surface area contributed by atoms with Crippen LogP contribution in [0.25, 0.3) is 0 Å². The predicted octanol–water partition coefficient (Wildman–Crippen LogP) is 2.80. The molecule has 20 heavy (non-hydrogen) atoms. The summed E-state index contributed by atoms with van der Waals surface area (Å²) in [6.45, 7) is 11.8. The van der Waals surface area contributed by atoms with Gasteiger partial charge in [0, 0.05) is 12.6 Å². The van der Waals surface area contributed by atoms with Crippen molar-refractivity contribution in [3.05, 3.63) is 0 Å². The topological polar surface area (TPSA) is 53.9 Å². The first-order valence-corrected chi connectivity index (χ1v) is 7.59. The van der Waals surface area contributed by atoms with E-state index in [2.05, 4.69) is 24.2 Å². The number of amides is 1. The average Bonchev–Trinajstić information content (AvgIpc) is 2.34. The van der Waals surface area contributed by atoms with Gasteiger partial charge in [-0.05, 0) is 34.1 Å². The van der Waals surface area contributed by atoms with Crippen LogP contribution in [0.1, 0.15) is 53.9 Å². The van der Waals surface area contributed by atoms with Gasteiger partial charge in [-0.1, -0.05) is 19.8 Å². The molecule has 1 unspecified atom stereocenters. The average molecular weight is 283 g/mol. The van der Waals surface area contributed by atoms with E-state index in [-0.39, 0.29) is 6.09 Å². The van der Waals surface area contributed by atoms with Gasteiger partial charge in [0.1, 0.15) is 11.4 Å². The van der Waals surface area contributed by atoms with Crippen molar-refractivity contribution in [2.24, 2.45) is 4.99 Å². The molecular formula is C15H29N3O2. The number of carbonyl (C=O) groups excluding carboxylic acids is 1. The SMILES string of the molecule is CCCCC(C)NC1=NCCN(C(=O)OC(C)(C)C)C1. The van der Waals surface area contributed by atoms with Gasteiger partial charge in [-0.3, -0.25) is 9.89 Å². The lowest BCUT2D eigenvalue weighted by molar-refractivity contribution is 0.0276. The molecule has 0 aromatic carbocycles. The van der Waals surface area contributed by atoms with Crippen molar-refractivity contribution in [2.45, 2.75) is 65.5 Å². The predicted molar refractivity (Wildman–Crippen MR) is 82.2 cm³/mol. The first-order valence-electron chi connectivity index (χ1n) is 7.59. The number of hydrogen-bond acceptors (Lipinski definition) is 4. The fourth-order valence-corrected chi connectivity index (χ4v) is 2.06. The lowest BCUT2D eigenvalue weighted by Gasteiger charge is -2.30. The number of aliphatic imine (C=N–C) groups is 1. The summed E-state index contributed by atoms with van der Waals surface area (Å²) in [4.78, 5) is 18.2. The van der Waals surface area contributed by atoms with Crippen LogP contribution in [0.3, 0.4) is 0 Å². The number of nitrogens with one attached hydrogen (secondary N) is 1. The van der Waals surface area contributed by atoms with Crippen LogP contribution >= 0.6 is 0 Å². The third-order valence-corrected chi connectivity index (χ3v) is 3.07. The molecule has 5 nitrogen and oxygen atoms in total. The molecule has 0 aromatic rings. The minimum atomic E-state index is -0.451. The van der Waals surface area contributed by atoms with Crippen LogP contribution in [0.4, 0.5) is 4.79 Å². The Balaban J connectivity index is 2.45. The summed E-state index contributed by atoms with van der Waals surface area (Å²) >= 11 is 0. The quantitative estimate of drug-likeness (QED) is 0.863. The molecule has 1 rings (SSSR count).